The van der Waals surface area contributed by atoms with E-state index in [4.69, 9.17) is 9.73 Å². The van der Waals surface area contributed by atoms with Crippen molar-refractivity contribution in [1.29, 1.82) is 0 Å². The summed E-state index contributed by atoms with van der Waals surface area (Å²) in [7, 11) is 0. The lowest BCUT2D eigenvalue weighted by Gasteiger charge is -2.26. The number of thioether (sulfide) groups is 1. The molecule has 2 aliphatic heterocycles. The number of fused-ring (bicyclic) bond motifs is 1. The molecular weight excluding hydrogens is 380 g/mol. The highest BCUT2D eigenvalue weighted by atomic mass is 32.2. The van der Waals surface area contributed by atoms with Gasteiger partial charge in [-0.3, -0.25) is 4.79 Å². The van der Waals surface area contributed by atoms with E-state index in [1.165, 1.54) is 5.56 Å². The monoisotopic (exact) mass is 398 g/mol. The average Bonchev–Trinajstić information content (AvgIpc) is 2.79. The van der Waals surface area contributed by atoms with Gasteiger partial charge in [-0.1, -0.05) is 78.5 Å². The van der Waals surface area contributed by atoms with Crippen molar-refractivity contribution in [1.82, 2.24) is 0 Å². The number of ether oxygens (including phenoxy) is 1. The van der Waals surface area contributed by atoms with Crippen LogP contribution in [0.2, 0.25) is 0 Å². The van der Waals surface area contributed by atoms with Crippen molar-refractivity contribution < 1.29 is 9.53 Å². The molecular formula is C24H18N2O2S. The summed E-state index contributed by atoms with van der Waals surface area (Å²) in [6.45, 7) is 0.0578. The van der Waals surface area contributed by atoms with Crippen LogP contribution >= 0.6 is 11.8 Å². The molecule has 1 unspecified atom stereocenters. The Morgan fingerprint density at radius 3 is 2.48 bits per heavy atom. The number of carbonyl (C=O) groups excluding carboxylic acids is 1. The van der Waals surface area contributed by atoms with Crippen LogP contribution in [0.4, 0.5) is 5.69 Å². The van der Waals surface area contributed by atoms with Gasteiger partial charge in [-0.15, -0.1) is 0 Å². The van der Waals surface area contributed by atoms with Gasteiger partial charge in [0, 0.05) is 11.8 Å². The van der Waals surface area contributed by atoms with Gasteiger partial charge in [0.25, 0.3) is 5.91 Å². The SMILES string of the molecule is O=C1COc2ccc(C3=CN=C(c4ccccc4)SC3c3ccccc3)cc2N1. The third kappa shape index (κ3) is 3.57. The third-order valence-electron chi connectivity index (χ3n) is 4.90. The Morgan fingerprint density at radius 2 is 1.69 bits per heavy atom. The molecule has 0 saturated carbocycles. The summed E-state index contributed by atoms with van der Waals surface area (Å²) in [5, 5.41) is 3.99. The molecule has 0 fully saturated rings. The highest BCUT2D eigenvalue weighted by Gasteiger charge is 2.26. The van der Waals surface area contributed by atoms with Gasteiger partial charge >= 0.3 is 0 Å². The second-order valence-corrected chi connectivity index (χ2v) is 7.93. The van der Waals surface area contributed by atoms with Crippen molar-refractivity contribution in [2.45, 2.75) is 5.25 Å². The standard InChI is InChI=1S/C24H18N2O2S/c27-22-15-28-21-12-11-18(13-20(21)26-22)19-14-25-24(17-9-5-2-6-10-17)29-23(19)16-7-3-1-4-8-16/h1-14,23H,15H2,(H,26,27). The zero-order chi connectivity index (χ0) is 19.6. The number of hydrogen-bond donors (Lipinski definition) is 1. The van der Waals surface area contributed by atoms with Crippen LogP contribution in [0, 0.1) is 0 Å². The van der Waals surface area contributed by atoms with E-state index in [0.717, 1.165) is 21.7 Å². The summed E-state index contributed by atoms with van der Waals surface area (Å²) in [6, 6.07) is 26.6. The predicted molar refractivity (Wildman–Crippen MR) is 118 cm³/mol. The van der Waals surface area contributed by atoms with Crippen molar-refractivity contribution >= 4 is 34.0 Å². The highest BCUT2D eigenvalue weighted by Crippen LogP contribution is 2.46. The summed E-state index contributed by atoms with van der Waals surface area (Å²) >= 11 is 1.74. The Hall–Kier alpha value is -3.31. The van der Waals surface area contributed by atoms with Crippen LogP contribution in [-0.4, -0.2) is 17.6 Å². The summed E-state index contributed by atoms with van der Waals surface area (Å²) in [6.07, 6.45) is 1.95. The first-order valence-corrected chi connectivity index (χ1v) is 10.3. The minimum atomic E-state index is -0.134. The van der Waals surface area contributed by atoms with Crippen LogP contribution in [0.5, 0.6) is 5.75 Å². The van der Waals surface area contributed by atoms with E-state index in [1.54, 1.807) is 11.8 Å². The molecule has 1 amide bonds. The second kappa shape index (κ2) is 7.60. The predicted octanol–water partition coefficient (Wildman–Crippen LogP) is 5.29. The summed E-state index contributed by atoms with van der Waals surface area (Å²) in [4.78, 5) is 16.5. The van der Waals surface area contributed by atoms with Gasteiger partial charge in [0.05, 0.1) is 10.9 Å². The van der Waals surface area contributed by atoms with Crippen molar-refractivity contribution in [3.05, 3.63) is 102 Å². The van der Waals surface area contributed by atoms with E-state index in [0.29, 0.717) is 11.4 Å². The molecule has 3 aromatic carbocycles. The van der Waals surface area contributed by atoms with Crippen molar-refractivity contribution in [3.8, 4) is 5.75 Å². The lowest BCUT2D eigenvalue weighted by atomic mass is 9.97. The smallest absolute Gasteiger partial charge is 0.262 e. The number of benzene rings is 3. The van der Waals surface area contributed by atoms with Gasteiger partial charge in [-0.05, 0) is 28.8 Å². The fraction of sp³-hybridized carbons (Fsp3) is 0.0833. The maximum atomic E-state index is 11.7. The topological polar surface area (TPSA) is 50.7 Å². The van der Waals surface area contributed by atoms with E-state index < -0.39 is 0 Å². The first-order chi connectivity index (χ1) is 14.3. The molecule has 0 radical (unpaired) electrons. The molecule has 0 spiro atoms. The van der Waals surface area contributed by atoms with Crippen molar-refractivity contribution in [2.75, 3.05) is 11.9 Å². The Morgan fingerprint density at radius 1 is 0.931 bits per heavy atom. The minimum Gasteiger partial charge on any atom is -0.482 e. The fourth-order valence-electron chi connectivity index (χ4n) is 3.49. The number of aliphatic imine (C=N–C) groups is 1. The molecule has 0 bridgehead atoms. The molecule has 0 aromatic heterocycles. The minimum absolute atomic E-state index is 0.0578. The molecule has 29 heavy (non-hydrogen) atoms. The van der Waals surface area contributed by atoms with Gasteiger partial charge in [0.15, 0.2) is 6.61 Å². The summed E-state index contributed by atoms with van der Waals surface area (Å²) in [5.41, 5.74) is 5.15. The first kappa shape index (κ1) is 17.8. The second-order valence-electron chi connectivity index (χ2n) is 6.84. The van der Waals surface area contributed by atoms with E-state index in [2.05, 4.69) is 41.7 Å². The number of anilines is 1. The van der Waals surface area contributed by atoms with Crippen molar-refractivity contribution in [2.24, 2.45) is 4.99 Å². The molecule has 5 heteroatoms. The van der Waals surface area contributed by atoms with Gasteiger partial charge < -0.3 is 10.1 Å². The molecule has 2 heterocycles. The quantitative estimate of drug-likeness (QED) is 0.652. The molecule has 2 aliphatic rings. The molecule has 0 saturated heterocycles. The van der Waals surface area contributed by atoms with Crippen LogP contribution < -0.4 is 10.1 Å². The van der Waals surface area contributed by atoms with Gasteiger partial charge in [-0.2, -0.15) is 0 Å². The summed E-state index contributed by atoms with van der Waals surface area (Å²) < 4.78 is 5.50. The Labute approximate surface area is 173 Å². The van der Waals surface area contributed by atoms with Crippen LogP contribution in [0.3, 0.4) is 0 Å². The van der Waals surface area contributed by atoms with E-state index in [1.807, 2.05) is 48.7 Å². The summed E-state index contributed by atoms with van der Waals surface area (Å²) in [5.74, 6) is 0.563. The van der Waals surface area contributed by atoms with E-state index in [9.17, 15) is 4.79 Å². The Bertz CT molecular complexity index is 1120. The first-order valence-electron chi connectivity index (χ1n) is 9.40. The lowest BCUT2D eigenvalue weighted by molar-refractivity contribution is -0.118. The highest BCUT2D eigenvalue weighted by molar-refractivity contribution is 8.15. The van der Waals surface area contributed by atoms with E-state index >= 15 is 0 Å². The van der Waals surface area contributed by atoms with Crippen LogP contribution in [0.25, 0.3) is 5.57 Å². The zero-order valence-corrected chi connectivity index (χ0v) is 16.4. The lowest BCUT2D eigenvalue weighted by Crippen LogP contribution is -2.25. The maximum absolute atomic E-state index is 11.7. The van der Waals surface area contributed by atoms with Gasteiger partial charge in [0.1, 0.15) is 10.8 Å². The number of hydrogen-bond acceptors (Lipinski definition) is 4. The van der Waals surface area contributed by atoms with Crippen molar-refractivity contribution in [3.63, 3.8) is 0 Å². The largest absolute Gasteiger partial charge is 0.482 e. The van der Waals surface area contributed by atoms with Gasteiger partial charge in [-0.25, -0.2) is 4.99 Å². The molecule has 3 aromatic rings. The number of nitrogens with zero attached hydrogens (tertiary/aromatic N) is 1. The maximum Gasteiger partial charge on any atom is 0.262 e. The number of amides is 1. The Kier molecular flexibility index (Phi) is 4.66. The average molecular weight is 398 g/mol. The van der Waals surface area contributed by atoms with Crippen LogP contribution in [0.1, 0.15) is 21.9 Å². The van der Waals surface area contributed by atoms with E-state index in [-0.39, 0.29) is 17.8 Å². The Balaban J connectivity index is 1.58. The van der Waals surface area contributed by atoms with Gasteiger partial charge in [0.2, 0.25) is 0 Å². The molecule has 1 atom stereocenters. The zero-order valence-electron chi connectivity index (χ0n) is 15.5. The molecule has 5 rings (SSSR count). The number of carbonyl (C=O) groups is 1. The van der Waals surface area contributed by atoms with Crippen LogP contribution in [0.15, 0.2) is 90.1 Å². The number of rotatable bonds is 3. The molecule has 142 valence electrons. The third-order valence-corrected chi connectivity index (χ3v) is 6.23. The number of nitrogens with one attached hydrogen (secondary N) is 1. The molecule has 1 N–H and O–H groups in total. The molecule has 0 aliphatic carbocycles. The normalized spacial score (nSPS) is 18.1. The van der Waals surface area contributed by atoms with Crippen LogP contribution in [-0.2, 0) is 4.79 Å². The fourth-order valence-corrected chi connectivity index (χ4v) is 4.71. The molecule has 4 nitrogen and oxygen atoms in total.